The smallest absolute Gasteiger partial charge is 0.0160 e. The third-order valence-corrected chi connectivity index (χ3v) is 4.73. The Labute approximate surface area is 174 Å². The molecule has 1 aromatic heterocycles. The van der Waals surface area contributed by atoms with Crippen LogP contribution in [0.25, 0.3) is 33.5 Å². The largest absolute Gasteiger partial charge is 0.305 e. The standard InChI is InChI=1S/C25H20N.Ir/c1-18-9-7-10-19(2)25(18)23-14-4-3-13-22(23)20-11-8-12-21(17-20)24-15-5-6-16-26-24;/h3-11,13-17H,1-2H3;/q-1;. The molecule has 0 atom stereocenters. The van der Waals surface area contributed by atoms with Crippen LogP contribution in [0.2, 0.25) is 0 Å². The summed E-state index contributed by atoms with van der Waals surface area (Å²) in [7, 11) is 0. The molecule has 0 saturated heterocycles. The van der Waals surface area contributed by atoms with Crippen LogP contribution in [-0.2, 0) is 20.1 Å². The van der Waals surface area contributed by atoms with Crippen LogP contribution in [0.4, 0.5) is 0 Å². The van der Waals surface area contributed by atoms with Crippen molar-refractivity contribution in [3.8, 4) is 33.5 Å². The maximum atomic E-state index is 4.46. The van der Waals surface area contributed by atoms with Crippen LogP contribution in [0.15, 0.2) is 85.1 Å². The third kappa shape index (κ3) is 3.93. The van der Waals surface area contributed by atoms with Crippen LogP contribution < -0.4 is 0 Å². The Hall–Kier alpha value is -2.54. The van der Waals surface area contributed by atoms with E-state index >= 15 is 0 Å². The molecule has 0 unspecified atom stereocenters. The van der Waals surface area contributed by atoms with Crippen molar-refractivity contribution in [1.29, 1.82) is 0 Å². The topological polar surface area (TPSA) is 12.9 Å². The summed E-state index contributed by atoms with van der Waals surface area (Å²) in [6.07, 6.45) is 1.82. The normalized spacial score (nSPS) is 10.3. The second kappa shape index (κ2) is 8.43. The third-order valence-electron chi connectivity index (χ3n) is 4.73. The van der Waals surface area contributed by atoms with Gasteiger partial charge in [-0.1, -0.05) is 54.6 Å². The predicted octanol–water partition coefficient (Wildman–Crippen LogP) is 6.50. The fourth-order valence-corrected chi connectivity index (χ4v) is 3.50. The number of benzene rings is 3. The quantitative estimate of drug-likeness (QED) is 0.278. The van der Waals surface area contributed by atoms with E-state index in [2.05, 4.69) is 79.5 Å². The van der Waals surface area contributed by atoms with Crippen LogP contribution in [0, 0.1) is 19.9 Å². The van der Waals surface area contributed by atoms with Crippen LogP contribution in [0.3, 0.4) is 0 Å². The van der Waals surface area contributed by atoms with Crippen LogP contribution in [0.1, 0.15) is 11.1 Å². The van der Waals surface area contributed by atoms with Crippen LogP contribution in [-0.4, -0.2) is 4.98 Å². The molecule has 1 heterocycles. The molecule has 0 fully saturated rings. The first kappa shape index (κ1) is 19.2. The number of hydrogen-bond donors (Lipinski definition) is 0. The maximum Gasteiger partial charge on any atom is 0.0160 e. The van der Waals surface area contributed by atoms with Crippen molar-refractivity contribution in [2.24, 2.45) is 0 Å². The molecule has 0 bridgehead atoms. The monoisotopic (exact) mass is 527 g/mol. The summed E-state index contributed by atoms with van der Waals surface area (Å²) in [5, 5.41) is 0. The molecule has 4 aromatic rings. The molecule has 3 aromatic carbocycles. The van der Waals surface area contributed by atoms with E-state index in [4.69, 9.17) is 0 Å². The Kier molecular flexibility index (Phi) is 6.01. The van der Waals surface area contributed by atoms with E-state index in [-0.39, 0.29) is 20.1 Å². The van der Waals surface area contributed by atoms with Gasteiger partial charge in [-0.2, -0.15) is 0 Å². The zero-order valence-corrected chi connectivity index (χ0v) is 17.8. The van der Waals surface area contributed by atoms with Crippen LogP contribution >= 0.6 is 0 Å². The molecule has 2 heteroatoms. The van der Waals surface area contributed by atoms with Gasteiger partial charge in [0.15, 0.2) is 0 Å². The molecule has 0 aliphatic carbocycles. The van der Waals surface area contributed by atoms with Gasteiger partial charge in [0.1, 0.15) is 0 Å². The van der Waals surface area contributed by atoms with Crippen molar-refractivity contribution < 1.29 is 20.1 Å². The Bertz CT molecular complexity index is 1030. The first-order chi connectivity index (χ1) is 12.7. The van der Waals surface area contributed by atoms with Gasteiger partial charge in [0.25, 0.3) is 0 Å². The zero-order chi connectivity index (χ0) is 17.9. The summed E-state index contributed by atoms with van der Waals surface area (Å²) in [5.74, 6) is 0. The van der Waals surface area contributed by atoms with E-state index in [1.165, 1.54) is 33.4 Å². The van der Waals surface area contributed by atoms with E-state index in [0.717, 1.165) is 11.3 Å². The van der Waals surface area contributed by atoms with Crippen molar-refractivity contribution in [2.45, 2.75) is 13.8 Å². The number of aryl methyl sites for hydroxylation is 2. The Morgan fingerprint density at radius 1 is 0.741 bits per heavy atom. The summed E-state index contributed by atoms with van der Waals surface area (Å²) in [6.45, 7) is 4.36. The van der Waals surface area contributed by atoms with Gasteiger partial charge in [0, 0.05) is 26.3 Å². The molecule has 1 nitrogen and oxygen atoms in total. The van der Waals surface area contributed by atoms with E-state index in [0.29, 0.717) is 0 Å². The molecule has 0 N–H and O–H groups in total. The molecular weight excluding hydrogens is 506 g/mol. The molecule has 27 heavy (non-hydrogen) atoms. The van der Waals surface area contributed by atoms with Gasteiger partial charge < -0.3 is 4.98 Å². The summed E-state index contributed by atoms with van der Waals surface area (Å²) in [5.41, 5.74) is 9.54. The molecule has 135 valence electrons. The van der Waals surface area contributed by atoms with Gasteiger partial charge in [-0.15, -0.1) is 35.4 Å². The fraction of sp³-hybridized carbons (Fsp3) is 0.0800. The minimum absolute atomic E-state index is 0. The second-order valence-corrected chi connectivity index (χ2v) is 6.52. The molecular formula is C25H20IrN-. The average molecular weight is 527 g/mol. The second-order valence-electron chi connectivity index (χ2n) is 6.52. The maximum absolute atomic E-state index is 4.46. The molecule has 0 spiro atoms. The Morgan fingerprint density at radius 3 is 2.15 bits per heavy atom. The van der Waals surface area contributed by atoms with E-state index in [1.54, 1.807) is 0 Å². The van der Waals surface area contributed by atoms with Gasteiger partial charge in [0.05, 0.1) is 0 Å². The number of pyridine rings is 1. The summed E-state index contributed by atoms with van der Waals surface area (Å²) >= 11 is 0. The van der Waals surface area contributed by atoms with Crippen molar-refractivity contribution in [3.63, 3.8) is 0 Å². The summed E-state index contributed by atoms with van der Waals surface area (Å²) in [6, 6.07) is 30.7. The number of aromatic nitrogens is 1. The first-order valence-corrected chi connectivity index (χ1v) is 8.83. The molecule has 0 aliphatic rings. The predicted molar refractivity (Wildman–Crippen MR) is 109 cm³/mol. The van der Waals surface area contributed by atoms with Crippen LogP contribution in [0.5, 0.6) is 0 Å². The Morgan fingerprint density at radius 2 is 1.44 bits per heavy atom. The minimum atomic E-state index is 0. The first-order valence-electron chi connectivity index (χ1n) is 8.83. The van der Waals surface area contributed by atoms with Gasteiger partial charge in [0.2, 0.25) is 0 Å². The molecule has 0 aliphatic heterocycles. The van der Waals surface area contributed by atoms with Crippen molar-refractivity contribution in [1.82, 2.24) is 4.98 Å². The SMILES string of the molecule is Cc1cccc(C)c1-c1ccccc1-c1cc[c-]c(-c2ccccn2)c1.[Ir]. The number of hydrogen-bond acceptors (Lipinski definition) is 1. The van der Waals surface area contributed by atoms with Crippen molar-refractivity contribution >= 4 is 0 Å². The fourth-order valence-electron chi connectivity index (χ4n) is 3.50. The zero-order valence-electron chi connectivity index (χ0n) is 15.4. The summed E-state index contributed by atoms with van der Waals surface area (Å²) in [4.78, 5) is 4.46. The molecule has 4 rings (SSSR count). The molecule has 1 radical (unpaired) electrons. The average Bonchev–Trinajstić information content (AvgIpc) is 2.69. The number of nitrogens with zero attached hydrogens (tertiary/aromatic N) is 1. The van der Waals surface area contributed by atoms with E-state index < -0.39 is 0 Å². The summed E-state index contributed by atoms with van der Waals surface area (Å²) < 4.78 is 0. The van der Waals surface area contributed by atoms with Crippen molar-refractivity contribution in [2.75, 3.05) is 0 Å². The van der Waals surface area contributed by atoms with Gasteiger partial charge >= 0.3 is 0 Å². The van der Waals surface area contributed by atoms with E-state index in [1.807, 2.05) is 30.5 Å². The number of rotatable bonds is 3. The van der Waals surface area contributed by atoms with Crippen molar-refractivity contribution in [3.05, 3.63) is 102 Å². The Balaban J connectivity index is 0.00000210. The van der Waals surface area contributed by atoms with Gasteiger partial charge in [-0.3, -0.25) is 0 Å². The minimum Gasteiger partial charge on any atom is -0.305 e. The van der Waals surface area contributed by atoms with E-state index in [9.17, 15) is 0 Å². The molecule has 0 amide bonds. The van der Waals surface area contributed by atoms with Gasteiger partial charge in [-0.05, 0) is 53.4 Å². The van der Waals surface area contributed by atoms with Gasteiger partial charge in [-0.25, -0.2) is 0 Å². The molecule has 0 saturated carbocycles.